The lowest BCUT2D eigenvalue weighted by atomic mass is 9.93. The zero-order valence-electron chi connectivity index (χ0n) is 15.9. The number of aryl methyl sites for hydroxylation is 2. The Labute approximate surface area is 155 Å². The predicted molar refractivity (Wildman–Crippen MR) is 101 cm³/mol. The highest BCUT2D eigenvalue weighted by Gasteiger charge is 2.25. The molecule has 1 aromatic carbocycles. The van der Waals surface area contributed by atoms with E-state index in [-0.39, 0.29) is 12.1 Å². The van der Waals surface area contributed by atoms with E-state index in [4.69, 9.17) is 4.74 Å². The summed E-state index contributed by atoms with van der Waals surface area (Å²) in [5, 5.41) is 7.48. The van der Waals surface area contributed by atoms with Gasteiger partial charge in [-0.1, -0.05) is 18.2 Å². The number of hydrogen-bond acceptors (Lipinski definition) is 3. The Morgan fingerprint density at radius 2 is 2.23 bits per heavy atom. The molecule has 2 aromatic rings. The Balaban J connectivity index is 1.44. The number of nitrogens with zero attached hydrogens (tertiary/aromatic N) is 3. The molecular weight excluding hydrogens is 328 g/mol. The monoisotopic (exact) mass is 356 g/mol. The van der Waals surface area contributed by atoms with Crippen LogP contribution in [-0.4, -0.2) is 40.9 Å². The van der Waals surface area contributed by atoms with Gasteiger partial charge in [0, 0.05) is 31.9 Å². The quantitative estimate of drug-likeness (QED) is 0.809. The third-order valence-electron chi connectivity index (χ3n) is 5.01. The van der Waals surface area contributed by atoms with E-state index in [1.807, 2.05) is 56.2 Å². The number of para-hydroxylation sites is 1. The molecule has 1 aliphatic rings. The second kappa shape index (κ2) is 8.25. The molecule has 0 aliphatic heterocycles. The van der Waals surface area contributed by atoms with Gasteiger partial charge in [0.05, 0.1) is 18.8 Å². The van der Waals surface area contributed by atoms with Crippen LogP contribution in [0.1, 0.15) is 42.1 Å². The number of rotatable bonds is 6. The fourth-order valence-electron chi connectivity index (χ4n) is 3.42. The highest BCUT2D eigenvalue weighted by atomic mass is 16.5. The molecule has 0 fully saturated rings. The largest absolute Gasteiger partial charge is 0.493 e. The first-order valence-corrected chi connectivity index (χ1v) is 9.27. The van der Waals surface area contributed by atoms with E-state index in [2.05, 4.69) is 10.4 Å². The van der Waals surface area contributed by atoms with Gasteiger partial charge in [0.2, 0.25) is 0 Å². The molecule has 1 aromatic heterocycles. The molecule has 6 heteroatoms. The lowest BCUT2D eigenvalue weighted by Crippen LogP contribution is -2.41. The van der Waals surface area contributed by atoms with Crippen molar-refractivity contribution in [2.75, 3.05) is 20.2 Å². The van der Waals surface area contributed by atoms with Crippen molar-refractivity contribution >= 4 is 6.03 Å². The van der Waals surface area contributed by atoms with Gasteiger partial charge in [0.1, 0.15) is 5.75 Å². The molecule has 1 unspecified atom stereocenters. The van der Waals surface area contributed by atoms with Crippen LogP contribution in [0.2, 0.25) is 0 Å². The number of aromatic nitrogens is 2. The summed E-state index contributed by atoms with van der Waals surface area (Å²) in [5.74, 6) is 0.908. The summed E-state index contributed by atoms with van der Waals surface area (Å²) in [6.07, 6.45) is 5.75. The summed E-state index contributed by atoms with van der Waals surface area (Å²) >= 11 is 0. The third kappa shape index (κ3) is 4.18. The summed E-state index contributed by atoms with van der Waals surface area (Å²) in [6, 6.07) is 8.00. The maximum atomic E-state index is 12.5. The minimum Gasteiger partial charge on any atom is -0.493 e. The molecule has 1 atom stereocenters. The van der Waals surface area contributed by atoms with Gasteiger partial charge in [-0.15, -0.1) is 0 Å². The van der Waals surface area contributed by atoms with Crippen LogP contribution in [0.5, 0.6) is 5.75 Å². The van der Waals surface area contributed by atoms with Crippen molar-refractivity contribution in [3.05, 3.63) is 47.3 Å². The van der Waals surface area contributed by atoms with Crippen LogP contribution in [-0.2, 0) is 13.5 Å². The normalized spacial score (nSPS) is 16.0. The predicted octanol–water partition coefficient (Wildman–Crippen LogP) is 3.22. The number of hydrogen-bond donors (Lipinski definition) is 1. The van der Waals surface area contributed by atoms with Gasteiger partial charge in [-0.05, 0) is 44.2 Å². The van der Waals surface area contributed by atoms with Crippen LogP contribution in [0.25, 0.3) is 0 Å². The van der Waals surface area contributed by atoms with E-state index in [0.29, 0.717) is 13.2 Å². The fraction of sp³-hybridized carbons (Fsp3) is 0.500. The average molecular weight is 356 g/mol. The Morgan fingerprint density at radius 1 is 1.42 bits per heavy atom. The number of fused-ring (bicyclic) bond motifs is 1. The third-order valence-corrected chi connectivity index (χ3v) is 5.01. The summed E-state index contributed by atoms with van der Waals surface area (Å²) in [7, 11) is 3.79. The van der Waals surface area contributed by atoms with Gasteiger partial charge in [0.15, 0.2) is 0 Å². The first-order chi connectivity index (χ1) is 12.6. The molecule has 0 bridgehead atoms. The first-order valence-electron chi connectivity index (χ1n) is 9.27. The maximum absolute atomic E-state index is 12.5. The van der Waals surface area contributed by atoms with Crippen molar-refractivity contribution in [2.24, 2.45) is 7.05 Å². The maximum Gasteiger partial charge on any atom is 0.317 e. The molecular formula is C20H28N4O2. The average Bonchev–Trinajstić information content (AvgIpc) is 3.02. The number of benzene rings is 1. The first kappa shape index (κ1) is 18.3. The molecule has 0 radical (unpaired) electrons. The molecule has 1 N–H and O–H groups in total. The number of carbonyl (C=O) groups excluding carboxylic acids is 1. The minimum absolute atomic E-state index is 0.0393. The van der Waals surface area contributed by atoms with Crippen molar-refractivity contribution in [1.29, 1.82) is 0 Å². The Kier molecular flexibility index (Phi) is 5.81. The highest BCUT2D eigenvalue weighted by molar-refractivity contribution is 5.74. The van der Waals surface area contributed by atoms with E-state index in [9.17, 15) is 4.79 Å². The SMILES string of the molecule is Cc1ccccc1OCCCN(C)C(=O)NC1CCCc2c1cnn2C. The summed E-state index contributed by atoms with van der Waals surface area (Å²) in [5.41, 5.74) is 3.52. The van der Waals surface area contributed by atoms with Gasteiger partial charge in [-0.3, -0.25) is 4.68 Å². The second-order valence-electron chi connectivity index (χ2n) is 6.95. The molecule has 1 heterocycles. The van der Waals surface area contributed by atoms with E-state index in [1.165, 1.54) is 5.69 Å². The van der Waals surface area contributed by atoms with Crippen molar-refractivity contribution in [3.63, 3.8) is 0 Å². The highest BCUT2D eigenvalue weighted by Crippen LogP contribution is 2.29. The van der Waals surface area contributed by atoms with Crippen molar-refractivity contribution in [3.8, 4) is 5.75 Å². The number of urea groups is 1. The summed E-state index contributed by atoms with van der Waals surface area (Å²) in [6.45, 7) is 3.29. The van der Waals surface area contributed by atoms with Gasteiger partial charge in [-0.25, -0.2) is 4.79 Å². The van der Waals surface area contributed by atoms with Gasteiger partial charge < -0.3 is 15.0 Å². The summed E-state index contributed by atoms with van der Waals surface area (Å²) in [4.78, 5) is 14.2. The zero-order valence-corrected chi connectivity index (χ0v) is 15.9. The molecule has 2 amide bonds. The van der Waals surface area contributed by atoms with E-state index < -0.39 is 0 Å². The van der Waals surface area contributed by atoms with Crippen LogP contribution in [0.3, 0.4) is 0 Å². The molecule has 0 saturated heterocycles. The number of nitrogens with one attached hydrogen (secondary N) is 1. The molecule has 1 aliphatic carbocycles. The van der Waals surface area contributed by atoms with Crippen molar-refractivity contribution in [1.82, 2.24) is 20.0 Å². The topological polar surface area (TPSA) is 59.4 Å². The van der Waals surface area contributed by atoms with Crippen LogP contribution >= 0.6 is 0 Å². The van der Waals surface area contributed by atoms with Crippen LogP contribution in [0.4, 0.5) is 4.79 Å². The number of carbonyl (C=O) groups is 1. The molecule has 3 rings (SSSR count). The van der Waals surface area contributed by atoms with Crippen LogP contribution < -0.4 is 10.1 Å². The van der Waals surface area contributed by atoms with Gasteiger partial charge >= 0.3 is 6.03 Å². The Morgan fingerprint density at radius 3 is 3.04 bits per heavy atom. The van der Waals surface area contributed by atoms with Crippen molar-refractivity contribution in [2.45, 2.75) is 38.6 Å². The standard InChI is InChI=1S/C20H28N4O2/c1-15-8-4-5-11-19(15)26-13-7-12-23(2)20(25)22-17-9-6-10-18-16(17)14-21-24(18)3/h4-5,8,11,14,17H,6-7,9-10,12-13H2,1-3H3,(H,22,25). The Hall–Kier alpha value is -2.50. The smallest absolute Gasteiger partial charge is 0.317 e. The molecule has 0 saturated carbocycles. The van der Waals surface area contributed by atoms with E-state index in [1.54, 1.807) is 4.90 Å². The lowest BCUT2D eigenvalue weighted by Gasteiger charge is -2.26. The number of amides is 2. The molecule has 26 heavy (non-hydrogen) atoms. The van der Waals surface area contributed by atoms with Gasteiger partial charge in [-0.2, -0.15) is 5.10 Å². The molecule has 0 spiro atoms. The molecule has 140 valence electrons. The van der Waals surface area contributed by atoms with Gasteiger partial charge in [0.25, 0.3) is 0 Å². The fourth-order valence-corrected chi connectivity index (χ4v) is 3.42. The lowest BCUT2D eigenvalue weighted by molar-refractivity contribution is 0.198. The summed E-state index contributed by atoms with van der Waals surface area (Å²) < 4.78 is 7.71. The minimum atomic E-state index is -0.0393. The van der Waals surface area contributed by atoms with Crippen LogP contribution in [0.15, 0.2) is 30.5 Å². The molecule has 6 nitrogen and oxygen atoms in total. The van der Waals surface area contributed by atoms with E-state index >= 15 is 0 Å². The van der Waals surface area contributed by atoms with Crippen LogP contribution in [0, 0.1) is 6.92 Å². The Bertz CT molecular complexity index is 756. The number of ether oxygens (including phenoxy) is 1. The zero-order chi connectivity index (χ0) is 18.5. The second-order valence-corrected chi connectivity index (χ2v) is 6.95. The van der Waals surface area contributed by atoms with E-state index in [0.717, 1.165) is 42.6 Å². The van der Waals surface area contributed by atoms with Crippen molar-refractivity contribution < 1.29 is 9.53 Å².